The van der Waals surface area contributed by atoms with Crippen LogP contribution in [0.3, 0.4) is 0 Å². The molecule has 6 heteroatoms. The maximum absolute atomic E-state index is 12.4. The van der Waals surface area contributed by atoms with Crippen LogP contribution in [-0.4, -0.2) is 44.1 Å². The van der Waals surface area contributed by atoms with E-state index in [0.717, 1.165) is 24.3 Å². The molecule has 0 bridgehead atoms. The number of hydrogen-bond donors (Lipinski definition) is 0. The lowest BCUT2D eigenvalue weighted by Crippen LogP contribution is -2.41. The molecule has 0 aliphatic heterocycles. The van der Waals surface area contributed by atoms with E-state index in [-0.39, 0.29) is 12.5 Å². The number of benzene rings is 1. The van der Waals surface area contributed by atoms with Crippen molar-refractivity contribution in [1.29, 1.82) is 0 Å². The molecular weight excluding hydrogens is 290 g/mol. The SMILES string of the molecule is CC1CCC(N(C)C(=O)Cn2nnc(-c3ccccc3)n2)CC1. The molecule has 1 aromatic heterocycles. The number of carbonyl (C=O) groups is 1. The fraction of sp³-hybridized carbons (Fsp3) is 0.529. The van der Waals surface area contributed by atoms with Crippen molar-refractivity contribution in [3.8, 4) is 11.4 Å². The van der Waals surface area contributed by atoms with Crippen LogP contribution in [0.4, 0.5) is 0 Å². The second-order valence-electron chi connectivity index (χ2n) is 6.43. The molecule has 1 aliphatic carbocycles. The van der Waals surface area contributed by atoms with E-state index in [0.29, 0.717) is 11.9 Å². The van der Waals surface area contributed by atoms with Crippen LogP contribution in [0.5, 0.6) is 0 Å². The normalized spacial score (nSPS) is 21.1. The third-order valence-corrected chi connectivity index (χ3v) is 4.69. The van der Waals surface area contributed by atoms with Gasteiger partial charge in [0.2, 0.25) is 11.7 Å². The average Bonchev–Trinajstić information content (AvgIpc) is 3.04. The number of tetrazole rings is 1. The van der Waals surface area contributed by atoms with Gasteiger partial charge in [-0.3, -0.25) is 4.79 Å². The van der Waals surface area contributed by atoms with E-state index >= 15 is 0 Å². The molecule has 0 N–H and O–H groups in total. The van der Waals surface area contributed by atoms with Gasteiger partial charge in [0.15, 0.2) is 0 Å². The Bertz CT molecular complexity index is 646. The standard InChI is InChI=1S/C17H23N5O/c1-13-8-10-15(11-9-13)21(2)16(23)12-22-19-17(18-20-22)14-6-4-3-5-7-14/h3-7,13,15H,8-12H2,1-2H3. The lowest BCUT2D eigenvalue weighted by molar-refractivity contribution is -0.133. The van der Waals surface area contributed by atoms with E-state index in [9.17, 15) is 4.79 Å². The number of hydrogen-bond acceptors (Lipinski definition) is 4. The van der Waals surface area contributed by atoms with Gasteiger partial charge in [0.1, 0.15) is 6.54 Å². The summed E-state index contributed by atoms with van der Waals surface area (Å²) in [4.78, 5) is 15.7. The van der Waals surface area contributed by atoms with Crippen LogP contribution in [0.2, 0.25) is 0 Å². The van der Waals surface area contributed by atoms with Gasteiger partial charge in [-0.05, 0) is 36.8 Å². The van der Waals surface area contributed by atoms with E-state index in [1.54, 1.807) is 0 Å². The van der Waals surface area contributed by atoms with Gasteiger partial charge in [-0.15, -0.1) is 10.2 Å². The van der Waals surface area contributed by atoms with Crippen molar-refractivity contribution in [2.45, 2.75) is 45.2 Å². The van der Waals surface area contributed by atoms with Crippen LogP contribution in [0.25, 0.3) is 11.4 Å². The lowest BCUT2D eigenvalue weighted by atomic mass is 9.87. The third-order valence-electron chi connectivity index (χ3n) is 4.69. The highest BCUT2D eigenvalue weighted by molar-refractivity contribution is 5.75. The average molecular weight is 313 g/mol. The van der Waals surface area contributed by atoms with Crippen molar-refractivity contribution in [3.05, 3.63) is 30.3 Å². The van der Waals surface area contributed by atoms with Gasteiger partial charge in [-0.1, -0.05) is 37.3 Å². The molecule has 0 atom stereocenters. The van der Waals surface area contributed by atoms with Gasteiger partial charge in [0.25, 0.3) is 0 Å². The largest absolute Gasteiger partial charge is 0.341 e. The number of rotatable bonds is 4. The smallest absolute Gasteiger partial charge is 0.246 e. The maximum atomic E-state index is 12.4. The van der Waals surface area contributed by atoms with Crippen molar-refractivity contribution < 1.29 is 4.79 Å². The lowest BCUT2D eigenvalue weighted by Gasteiger charge is -2.33. The molecule has 2 aromatic rings. The Labute approximate surface area is 136 Å². The molecule has 0 radical (unpaired) electrons. The highest BCUT2D eigenvalue weighted by atomic mass is 16.2. The summed E-state index contributed by atoms with van der Waals surface area (Å²) in [6.45, 7) is 2.42. The fourth-order valence-corrected chi connectivity index (χ4v) is 3.08. The summed E-state index contributed by atoms with van der Waals surface area (Å²) in [5.41, 5.74) is 0.904. The van der Waals surface area contributed by atoms with E-state index in [4.69, 9.17) is 0 Å². The second-order valence-corrected chi connectivity index (χ2v) is 6.43. The van der Waals surface area contributed by atoms with Crippen LogP contribution < -0.4 is 0 Å². The predicted molar refractivity (Wildman–Crippen MR) is 87.4 cm³/mol. The third kappa shape index (κ3) is 3.75. The predicted octanol–water partition coefficient (Wildman–Crippen LogP) is 2.38. The molecule has 1 fully saturated rings. The second kappa shape index (κ2) is 6.89. The first-order chi connectivity index (χ1) is 11.1. The Hall–Kier alpha value is -2.24. The minimum absolute atomic E-state index is 0.0431. The van der Waals surface area contributed by atoms with Crippen LogP contribution in [0, 0.1) is 5.92 Å². The number of likely N-dealkylation sites (N-methyl/N-ethyl adjacent to an activating group) is 1. The Kier molecular flexibility index (Phi) is 4.69. The number of amides is 1. The first-order valence-electron chi connectivity index (χ1n) is 8.22. The first kappa shape index (κ1) is 15.6. The number of carbonyl (C=O) groups excluding carboxylic acids is 1. The van der Waals surface area contributed by atoms with Gasteiger partial charge in [-0.25, -0.2) is 0 Å². The Morgan fingerprint density at radius 3 is 2.61 bits per heavy atom. The fourth-order valence-electron chi connectivity index (χ4n) is 3.08. The van der Waals surface area contributed by atoms with Gasteiger partial charge in [-0.2, -0.15) is 4.80 Å². The molecule has 0 unspecified atom stereocenters. The molecule has 1 amide bonds. The first-order valence-corrected chi connectivity index (χ1v) is 8.22. The van der Waals surface area contributed by atoms with Crippen molar-refractivity contribution in [3.63, 3.8) is 0 Å². The molecule has 6 nitrogen and oxygen atoms in total. The summed E-state index contributed by atoms with van der Waals surface area (Å²) in [6, 6.07) is 10.0. The molecule has 3 rings (SSSR count). The van der Waals surface area contributed by atoms with Crippen LogP contribution in [0.1, 0.15) is 32.6 Å². The molecule has 0 saturated heterocycles. The highest BCUT2D eigenvalue weighted by Gasteiger charge is 2.25. The monoisotopic (exact) mass is 313 g/mol. The van der Waals surface area contributed by atoms with Crippen molar-refractivity contribution in [1.82, 2.24) is 25.1 Å². The Balaban J connectivity index is 1.61. The Morgan fingerprint density at radius 1 is 1.22 bits per heavy atom. The zero-order valence-electron chi connectivity index (χ0n) is 13.7. The summed E-state index contributed by atoms with van der Waals surface area (Å²) in [6.07, 6.45) is 4.57. The molecule has 1 aromatic carbocycles. The molecule has 0 spiro atoms. The summed E-state index contributed by atoms with van der Waals surface area (Å²) in [7, 11) is 1.89. The van der Waals surface area contributed by atoms with Gasteiger partial charge in [0, 0.05) is 18.7 Å². The molecule has 1 saturated carbocycles. The van der Waals surface area contributed by atoms with E-state index < -0.39 is 0 Å². The summed E-state index contributed by atoms with van der Waals surface area (Å²) < 4.78 is 0. The molecule has 1 heterocycles. The summed E-state index contributed by atoms with van der Waals surface area (Å²) in [5.74, 6) is 1.37. The van der Waals surface area contributed by atoms with Crippen LogP contribution >= 0.6 is 0 Å². The van der Waals surface area contributed by atoms with Gasteiger partial charge in [0.05, 0.1) is 0 Å². The molecule has 23 heavy (non-hydrogen) atoms. The number of aromatic nitrogens is 4. The zero-order valence-corrected chi connectivity index (χ0v) is 13.7. The molecular formula is C17H23N5O. The van der Waals surface area contributed by atoms with E-state index in [1.165, 1.54) is 17.6 Å². The van der Waals surface area contributed by atoms with Crippen molar-refractivity contribution >= 4 is 5.91 Å². The quantitative estimate of drug-likeness (QED) is 0.869. The highest BCUT2D eigenvalue weighted by Crippen LogP contribution is 2.26. The van der Waals surface area contributed by atoms with E-state index in [1.807, 2.05) is 42.3 Å². The van der Waals surface area contributed by atoms with Crippen LogP contribution in [-0.2, 0) is 11.3 Å². The topological polar surface area (TPSA) is 63.9 Å². The Morgan fingerprint density at radius 2 is 1.91 bits per heavy atom. The van der Waals surface area contributed by atoms with Crippen molar-refractivity contribution in [2.24, 2.45) is 5.92 Å². The van der Waals surface area contributed by atoms with E-state index in [2.05, 4.69) is 22.3 Å². The van der Waals surface area contributed by atoms with Crippen LogP contribution in [0.15, 0.2) is 30.3 Å². The minimum Gasteiger partial charge on any atom is -0.341 e. The maximum Gasteiger partial charge on any atom is 0.246 e. The number of nitrogens with zero attached hydrogens (tertiary/aromatic N) is 5. The zero-order chi connectivity index (χ0) is 16.2. The molecule has 122 valence electrons. The summed E-state index contributed by atoms with van der Waals surface area (Å²) >= 11 is 0. The van der Waals surface area contributed by atoms with Gasteiger partial charge >= 0.3 is 0 Å². The minimum atomic E-state index is 0.0431. The summed E-state index contributed by atoms with van der Waals surface area (Å²) in [5, 5.41) is 12.3. The van der Waals surface area contributed by atoms with Crippen molar-refractivity contribution in [2.75, 3.05) is 7.05 Å². The van der Waals surface area contributed by atoms with Gasteiger partial charge < -0.3 is 4.90 Å². The molecule has 1 aliphatic rings.